The lowest BCUT2D eigenvalue weighted by Gasteiger charge is -2.44. The Kier molecular flexibility index (Phi) is 4.73. The summed E-state index contributed by atoms with van der Waals surface area (Å²) >= 11 is 0. The Hall–Kier alpha value is -1.40. The van der Waals surface area contributed by atoms with Crippen LogP contribution >= 0.6 is 0 Å². The fourth-order valence-electron chi connectivity index (χ4n) is 4.02. The number of nitrogens with zero attached hydrogens (tertiary/aromatic N) is 2. The summed E-state index contributed by atoms with van der Waals surface area (Å²) in [6, 6.07) is 0. The highest BCUT2D eigenvalue weighted by molar-refractivity contribution is 5.76. The molecule has 6 nitrogen and oxygen atoms in total. The number of hydrogen-bond acceptors (Lipinski definition) is 4. The molecule has 6 heteroatoms. The van der Waals surface area contributed by atoms with Crippen molar-refractivity contribution >= 4 is 5.91 Å². The largest absolute Gasteiger partial charge is 0.378 e. The molecule has 1 aromatic heterocycles. The molecule has 3 heterocycles. The van der Waals surface area contributed by atoms with E-state index in [0.29, 0.717) is 13.0 Å². The number of aromatic amines is 1. The zero-order valence-electron chi connectivity index (χ0n) is 14.4. The van der Waals surface area contributed by atoms with E-state index in [1.807, 2.05) is 18.7 Å². The van der Waals surface area contributed by atoms with Crippen molar-refractivity contribution in [3.05, 3.63) is 17.0 Å². The minimum atomic E-state index is -0.288. The third kappa shape index (κ3) is 3.15. The number of carbonyl (C=O) groups is 1. The third-order valence-electron chi connectivity index (χ3n) is 5.35. The molecule has 1 amide bonds. The molecule has 3 rings (SSSR count). The first-order valence-corrected chi connectivity index (χ1v) is 8.51. The van der Waals surface area contributed by atoms with Crippen LogP contribution in [0.25, 0.3) is 0 Å². The molecule has 0 aliphatic carbocycles. The van der Waals surface area contributed by atoms with Crippen LogP contribution in [0, 0.1) is 13.8 Å². The molecular formula is C17H27N3O3. The van der Waals surface area contributed by atoms with Crippen LogP contribution in [0.3, 0.4) is 0 Å². The maximum absolute atomic E-state index is 12.6. The van der Waals surface area contributed by atoms with Gasteiger partial charge in [-0.3, -0.25) is 9.89 Å². The van der Waals surface area contributed by atoms with Crippen molar-refractivity contribution in [3.8, 4) is 0 Å². The molecule has 1 spiro atoms. The smallest absolute Gasteiger partial charge is 0.223 e. The number of methoxy groups -OCH3 is 1. The molecule has 2 atom stereocenters. The van der Waals surface area contributed by atoms with E-state index in [9.17, 15) is 4.79 Å². The van der Waals surface area contributed by atoms with Crippen LogP contribution in [-0.2, 0) is 20.7 Å². The topological polar surface area (TPSA) is 67.5 Å². The molecule has 0 unspecified atom stereocenters. The molecular weight excluding hydrogens is 294 g/mol. The maximum atomic E-state index is 12.6. The first-order chi connectivity index (χ1) is 11.1. The SMILES string of the molecule is CO[C@H]1CCN(C(=O)CCc2c(C)n[nH]c2C)C[C@@]12CCCO2. The van der Waals surface area contributed by atoms with Gasteiger partial charge >= 0.3 is 0 Å². The van der Waals surface area contributed by atoms with Gasteiger partial charge < -0.3 is 14.4 Å². The standard InChI is InChI=1S/C17H27N3O3/c1-12-14(13(2)19-18-12)5-6-16(21)20-9-7-15(22-3)17(11-20)8-4-10-23-17/h15H,4-11H2,1-3H3,(H,18,19)/t15-,17-/m0/s1. The lowest BCUT2D eigenvalue weighted by Crippen LogP contribution is -2.58. The number of amides is 1. The predicted octanol–water partition coefficient (Wildman–Crippen LogP) is 1.76. The Morgan fingerprint density at radius 1 is 1.52 bits per heavy atom. The Labute approximate surface area is 137 Å². The van der Waals surface area contributed by atoms with Gasteiger partial charge in [0.15, 0.2) is 0 Å². The molecule has 0 saturated carbocycles. The number of piperidine rings is 1. The minimum absolute atomic E-state index is 0.104. The number of hydrogen-bond donors (Lipinski definition) is 1. The summed E-state index contributed by atoms with van der Waals surface area (Å²) in [6.45, 7) is 6.18. The zero-order chi connectivity index (χ0) is 16.4. The van der Waals surface area contributed by atoms with Crippen molar-refractivity contribution in [1.29, 1.82) is 0 Å². The lowest BCUT2D eigenvalue weighted by molar-refractivity contribution is -0.160. The Morgan fingerprint density at radius 2 is 2.35 bits per heavy atom. The molecule has 2 fully saturated rings. The molecule has 128 valence electrons. The van der Waals surface area contributed by atoms with Gasteiger partial charge in [0.25, 0.3) is 0 Å². The van der Waals surface area contributed by atoms with Gasteiger partial charge in [-0.25, -0.2) is 0 Å². The van der Waals surface area contributed by atoms with Gasteiger partial charge in [0.2, 0.25) is 5.91 Å². The van der Waals surface area contributed by atoms with Crippen molar-refractivity contribution in [1.82, 2.24) is 15.1 Å². The van der Waals surface area contributed by atoms with Crippen molar-refractivity contribution in [2.45, 2.75) is 57.7 Å². The highest BCUT2D eigenvalue weighted by Crippen LogP contribution is 2.36. The summed E-state index contributed by atoms with van der Waals surface area (Å²) in [5.41, 5.74) is 2.93. The van der Waals surface area contributed by atoms with E-state index in [4.69, 9.17) is 9.47 Å². The summed E-state index contributed by atoms with van der Waals surface area (Å²) in [4.78, 5) is 14.6. The highest BCUT2D eigenvalue weighted by atomic mass is 16.6. The fraction of sp³-hybridized carbons (Fsp3) is 0.765. The number of rotatable bonds is 4. The average molecular weight is 321 g/mol. The van der Waals surface area contributed by atoms with Crippen LogP contribution in [0.5, 0.6) is 0 Å². The summed E-state index contributed by atoms with van der Waals surface area (Å²) in [5.74, 6) is 0.203. The Bertz CT molecular complexity index is 544. The summed E-state index contributed by atoms with van der Waals surface area (Å²) in [6.07, 6.45) is 4.25. The number of H-pyrrole nitrogens is 1. The van der Waals surface area contributed by atoms with Gasteiger partial charge in [-0.1, -0.05) is 0 Å². The number of aryl methyl sites for hydroxylation is 2. The number of likely N-dealkylation sites (tertiary alicyclic amines) is 1. The lowest BCUT2D eigenvalue weighted by atomic mass is 9.86. The Balaban J connectivity index is 1.62. The van der Waals surface area contributed by atoms with Crippen molar-refractivity contribution in [2.24, 2.45) is 0 Å². The summed E-state index contributed by atoms with van der Waals surface area (Å²) in [7, 11) is 1.75. The van der Waals surface area contributed by atoms with Gasteiger partial charge in [-0.2, -0.15) is 5.10 Å². The van der Waals surface area contributed by atoms with Crippen LogP contribution in [0.4, 0.5) is 0 Å². The van der Waals surface area contributed by atoms with Crippen molar-refractivity contribution < 1.29 is 14.3 Å². The van der Waals surface area contributed by atoms with Crippen LogP contribution < -0.4 is 0 Å². The Morgan fingerprint density at radius 3 is 2.96 bits per heavy atom. The van der Waals surface area contributed by atoms with Crippen LogP contribution in [0.2, 0.25) is 0 Å². The monoisotopic (exact) mass is 321 g/mol. The molecule has 1 N–H and O–H groups in total. The number of aromatic nitrogens is 2. The molecule has 23 heavy (non-hydrogen) atoms. The van der Waals surface area contributed by atoms with E-state index in [0.717, 1.165) is 55.8 Å². The van der Waals surface area contributed by atoms with Gasteiger partial charge in [-0.05, 0) is 45.1 Å². The van der Waals surface area contributed by atoms with Gasteiger partial charge in [0, 0.05) is 32.4 Å². The van der Waals surface area contributed by atoms with E-state index in [1.165, 1.54) is 0 Å². The third-order valence-corrected chi connectivity index (χ3v) is 5.35. The average Bonchev–Trinajstić information content (AvgIpc) is 3.13. The molecule has 2 aliphatic rings. The molecule has 0 radical (unpaired) electrons. The zero-order valence-corrected chi connectivity index (χ0v) is 14.4. The number of ether oxygens (including phenoxy) is 2. The van der Waals surface area contributed by atoms with Gasteiger partial charge in [-0.15, -0.1) is 0 Å². The van der Waals surface area contributed by atoms with Crippen LogP contribution in [-0.4, -0.2) is 59.5 Å². The number of nitrogens with one attached hydrogen (secondary N) is 1. The van der Waals surface area contributed by atoms with E-state index in [2.05, 4.69) is 10.2 Å². The second-order valence-corrected chi connectivity index (χ2v) is 6.76. The highest BCUT2D eigenvalue weighted by Gasteiger charge is 2.48. The minimum Gasteiger partial charge on any atom is -0.378 e. The first-order valence-electron chi connectivity index (χ1n) is 8.51. The second-order valence-electron chi connectivity index (χ2n) is 6.76. The van der Waals surface area contributed by atoms with E-state index in [-0.39, 0.29) is 17.6 Å². The van der Waals surface area contributed by atoms with Crippen molar-refractivity contribution in [2.75, 3.05) is 26.8 Å². The quantitative estimate of drug-likeness (QED) is 0.917. The van der Waals surface area contributed by atoms with Crippen LogP contribution in [0.15, 0.2) is 0 Å². The number of carbonyl (C=O) groups excluding carboxylic acids is 1. The normalized spacial score (nSPS) is 27.8. The van der Waals surface area contributed by atoms with E-state index < -0.39 is 0 Å². The second kappa shape index (κ2) is 6.61. The predicted molar refractivity (Wildman–Crippen MR) is 86.3 cm³/mol. The van der Waals surface area contributed by atoms with E-state index >= 15 is 0 Å². The molecule has 0 aromatic carbocycles. The fourth-order valence-corrected chi connectivity index (χ4v) is 4.02. The maximum Gasteiger partial charge on any atom is 0.223 e. The van der Waals surface area contributed by atoms with Crippen molar-refractivity contribution in [3.63, 3.8) is 0 Å². The molecule has 0 bridgehead atoms. The summed E-state index contributed by atoms with van der Waals surface area (Å²) in [5, 5.41) is 7.18. The molecule has 1 aromatic rings. The van der Waals surface area contributed by atoms with E-state index in [1.54, 1.807) is 7.11 Å². The summed E-state index contributed by atoms with van der Waals surface area (Å²) < 4.78 is 11.7. The first kappa shape index (κ1) is 16.5. The molecule has 2 aliphatic heterocycles. The van der Waals surface area contributed by atoms with Gasteiger partial charge in [0.05, 0.1) is 18.3 Å². The van der Waals surface area contributed by atoms with Gasteiger partial charge in [0.1, 0.15) is 5.60 Å². The molecule has 2 saturated heterocycles. The van der Waals surface area contributed by atoms with Crippen LogP contribution in [0.1, 0.15) is 42.6 Å².